The molecule has 162 valence electrons. The topological polar surface area (TPSA) is 26.3 Å². The number of ether oxygens (including phenoxy) is 1. The third-order valence-corrected chi connectivity index (χ3v) is 5.79. The van der Waals surface area contributed by atoms with Crippen LogP contribution in [-0.2, 0) is 21.1 Å². The maximum Gasteiger partial charge on any atom is 0.431 e. The number of carbonyl (C=O) groups is 1. The van der Waals surface area contributed by atoms with E-state index in [1.54, 1.807) is 13.8 Å². The molecular weight excluding hydrogens is 403 g/mol. The molecule has 2 nitrogen and oxygen atoms in total. The van der Waals surface area contributed by atoms with Crippen LogP contribution in [0.25, 0.3) is 0 Å². The summed E-state index contributed by atoms with van der Waals surface area (Å²) >= 11 is 0. The number of carbonyl (C=O) groups excluding carboxylic acids is 1. The summed E-state index contributed by atoms with van der Waals surface area (Å²) in [5.74, 6) is -8.20. The van der Waals surface area contributed by atoms with Gasteiger partial charge in [0.2, 0.25) is 0 Å². The Kier molecular flexibility index (Phi) is 5.24. The van der Waals surface area contributed by atoms with Crippen molar-refractivity contribution in [3.8, 4) is 0 Å². The number of halogens is 5. The predicted molar refractivity (Wildman–Crippen MR) is 101 cm³/mol. The van der Waals surface area contributed by atoms with Crippen LogP contribution < -0.4 is 0 Å². The highest BCUT2D eigenvalue weighted by Gasteiger charge is 2.64. The van der Waals surface area contributed by atoms with Crippen molar-refractivity contribution in [3.05, 3.63) is 70.5 Å². The van der Waals surface area contributed by atoms with Crippen LogP contribution in [-0.4, -0.2) is 5.97 Å². The summed E-state index contributed by atoms with van der Waals surface area (Å²) < 4.78 is 73.1. The van der Waals surface area contributed by atoms with E-state index < -0.39 is 46.4 Å². The largest absolute Gasteiger partial charge is 0.431 e. The van der Waals surface area contributed by atoms with Crippen molar-refractivity contribution in [2.24, 2.45) is 11.3 Å². The Morgan fingerprint density at radius 1 is 0.933 bits per heavy atom. The fourth-order valence-electron chi connectivity index (χ4n) is 3.89. The highest BCUT2D eigenvalue weighted by Crippen LogP contribution is 2.65. The van der Waals surface area contributed by atoms with Crippen molar-refractivity contribution >= 4 is 5.97 Å². The van der Waals surface area contributed by atoms with E-state index in [1.165, 1.54) is 0 Å². The van der Waals surface area contributed by atoms with Gasteiger partial charge in [0.05, 0.1) is 5.92 Å². The van der Waals surface area contributed by atoms with Crippen LogP contribution in [0.2, 0.25) is 0 Å². The lowest BCUT2D eigenvalue weighted by Crippen LogP contribution is -2.26. The molecule has 0 spiro atoms. The number of rotatable bonds is 4. The molecule has 0 amide bonds. The smallest absolute Gasteiger partial charge is 0.397 e. The first-order valence-electron chi connectivity index (χ1n) is 9.53. The first-order chi connectivity index (χ1) is 13.7. The number of hydrogen-bond donors (Lipinski definition) is 0. The summed E-state index contributed by atoms with van der Waals surface area (Å²) in [6.45, 7) is 9.67. The monoisotopic (exact) mass is 426 g/mol. The van der Waals surface area contributed by atoms with Crippen molar-refractivity contribution in [2.45, 2.75) is 52.1 Å². The molecule has 0 N–H and O–H groups in total. The van der Waals surface area contributed by atoms with Gasteiger partial charge in [-0.25, -0.2) is 13.2 Å². The van der Waals surface area contributed by atoms with Gasteiger partial charge in [0.15, 0.2) is 17.5 Å². The minimum Gasteiger partial charge on any atom is -0.397 e. The lowest BCUT2D eigenvalue weighted by Gasteiger charge is -2.19. The number of alkyl halides is 2. The Balaban J connectivity index is 1.81. The molecule has 2 atom stereocenters. The zero-order chi connectivity index (χ0) is 22.6. The van der Waals surface area contributed by atoms with Crippen LogP contribution in [0.3, 0.4) is 0 Å². The molecule has 0 radical (unpaired) electrons. The van der Waals surface area contributed by atoms with E-state index in [1.807, 2.05) is 24.3 Å². The lowest BCUT2D eigenvalue weighted by molar-refractivity contribution is -0.243. The first-order valence-corrected chi connectivity index (χ1v) is 9.53. The third kappa shape index (κ3) is 3.82. The Labute approximate surface area is 172 Å². The van der Waals surface area contributed by atoms with E-state index in [-0.39, 0.29) is 11.3 Å². The maximum absolute atomic E-state index is 14.4. The minimum absolute atomic E-state index is 0.0630. The molecule has 1 aliphatic rings. The van der Waals surface area contributed by atoms with E-state index in [9.17, 15) is 26.7 Å². The molecule has 0 unspecified atom stereocenters. The average Bonchev–Trinajstić information content (AvgIpc) is 3.21. The fourth-order valence-corrected chi connectivity index (χ4v) is 3.89. The van der Waals surface area contributed by atoms with Crippen LogP contribution in [0.1, 0.15) is 57.2 Å². The standard InChI is InChI=1S/C23H23F5O2/c1-21(2,3)13-8-6-12(7-9-13)16-17(22(16,4)5)20(29)30-23(27,28)14-10-11-15(24)19(26)18(14)25/h6-11,16-17H,1-5H3/t16-,17+/m0/s1. The molecule has 30 heavy (non-hydrogen) atoms. The average molecular weight is 426 g/mol. The van der Waals surface area contributed by atoms with Gasteiger partial charge in [0, 0.05) is 5.92 Å². The van der Waals surface area contributed by atoms with Gasteiger partial charge in [0.1, 0.15) is 5.56 Å². The van der Waals surface area contributed by atoms with Crippen molar-refractivity contribution in [2.75, 3.05) is 0 Å². The fraction of sp³-hybridized carbons (Fsp3) is 0.435. The highest BCUT2D eigenvalue weighted by molar-refractivity contribution is 5.80. The number of esters is 1. The van der Waals surface area contributed by atoms with Crippen molar-refractivity contribution in [1.82, 2.24) is 0 Å². The molecule has 0 bridgehead atoms. The van der Waals surface area contributed by atoms with Gasteiger partial charge < -0.3 is 4.74 Å². The number of benzene rings is 2. The summed E-state index contributed by atoms with van der Waals surface area (Å²) in [6, 6.07) is 8.29. The van der Waals surface area contributed by atoms with Gasteiger partial charge >= 0.3 is 12.1 Å². The second-order valence-corrected chi connectivity index (χ2v) is 9.31. The Hall–Kier alpha value is -2.44. The van der Waals surface area contributed by atoms with Crippen LogP contribution in [0.4, 0.5) is 22.0 Å². The quantitative estimate of drug-likeness (QED) is 0.320. The van der Waals surface area contributed by atoms with E-state index >= 15 is 0 Å². The molecule has 1 saturated carbocycles. The predicted octanol–water partition coefficient (Wildman–Crippen LogP) is 6.43. The summed E-state index contributed by atoms with van der Waals surface area (Å²) in [5.41, 5.74) is -0.351. The molecule has 0 heterocycles. The van der Waals surface area contributed by atoms with Gasteiger partial charge in [-0.1, -0.05) is 58.9 Å². The SMILES string of the molecule is CC(C)(C)c1ccc([C@H]2[C@H](C(=O)OC(F)(F)c3ccc(F)c(F)c3F)C2(C)C)cc1. The molecule has 2 aromatic rings. The second-order valence-electron chi connectivity index (χ2n) is 9.31. The molecule has 2 aromatic carbocycles. The first kappa shape index (κ1) is 22.2. The van der Waals surface area contributed by atoms with E-state index in [2.05, 4.69) is 25.5 Å². The summed E-state index contributed by atoms with van der Waals surface area (Å²) in [4.78, 5) is 12.5. The van der Waals surface area contributed by atoms with Crippen LogP contribution in [0.5, 0.6) is 0 Å². The zero-order valence-corrected chi connectivity index (χ0v) is 17.3. The van der Waals surface area contributed by atoms with Gasteiger partial charge in [-0.3, -0.25) is 4.79 Å². The van der Waals surface area contributed by atoms with Crippen molar-refractivity contribution in [1.29, 1.82) is 0 Å². The van der Waals surface area contributed by atoms with Crippen LogP contribution in [0.15, 0.2) is 36.4 Å². The van der Waals surface area contributed by atoms with Gasteiger partial charge in [-0.2, -0.15) is 8.78 Å². The van der Waals surface area contributed by atoms with Crippen molar-refractivity contribution < 1.29 is 31.5 Å². The molecule has 0 aliphatic heterocycles. The Morgan fingerprint density at radius 3 is 2.03 bits per heavy atom. The Morgan fingerprint density at radius 2 is 1.50 bits per heavy atom. The van der Waals surface area contributed by atoms with Crippen LogP contribution >= 0.6 is 0 Å². The summed E-state index contributed by atoms with van der Waals surface area (Å²) in [5, 5.41) is 0. The third-order valence-electron chi connectivity index (χ3n) is 5.79. The van der Waals surface area contributed by atoms with Gasteiger partial charge in [0.25, 0.3) is 0 Å². The molecule has 7 heteroatoms. The molecule has 3 rings (SSSR count). The summed E-state index contributed by atoms with van der Waals surface area (Å²) in [7, 11) is 0. The maximum atomic E-state index is 14.4. The molecular formula is C23H23F5O2. The molecule has 1 fully saturated rings. The molecule has 0 aromatic heterocycles. The highest BCUT2D eigenvalue weighted by atomic mass is 19.3. The zero-order valence-electron chi connectivity index (χ0n) is 17.3. The van der Waals surface area contributed by atoms with Crippen LogP contribution in [0, 0.1) is 28.8 Å². The number of hydrogen-bond acceptors (Lipinski definition) is 2. The van der Waals surface area contributed by atoms with Gasteiger partial charge in [-0.15, -0.1) is 0 Å². The summed E-state index contributed by atoms with van der Waals surface area (Å²) in [6.07, 6.45) is -4.44. The second kappa shape index (κ2) is 7.06. The van der Waals surface area contributed by atoms with E-state index in [0.29, 0.717) is 12.1 Å². The van der Waals surface area contributed by atoms with Crippen molar-refractivity contribution in [3.63, 3.8) is 0 Å². The normalized spacial score (nSPS) is 20.7. The molecule has 0 saturated heterocycles. The van der Waals surface area contributed by atoms with E-state index in [0.717, 1.165) is 11.1 Å². The van der Waals surface area contributed by atoms with Gasteiger partial charge in [-0.05, 0) is 34.1 Å². The minimum atomic E-state index is -4.44. The lowest BCUT2D eigenvalue weighted by atomic mass is 9.86. The van der Waals surface area contributed by atoms with E-state index in [4.69, 9.17) is 0 Å². The molecule has 1 aliphatic carbocycles. The Bertz CT molecular complexity index is 974.